The molecule has 102 valence electrons. The zero-order chi connectivity index (χ0) is 14.4. The highest BCUT2D eigenvalue weighted by atomic mass is 35.5. The molecular formula is C15H13ClN2O2. The van der Waals surface area contributed by atoms with E-state index < -0.39 is 6.03 Å². The van der Waals surface area contributed by atoms with Crippen molar-refractivity contribution in [2.45, 2.75) is 0 Å². The second-order valence-electron chi connectivity index (χ2n) is 4.11. The topological polar surface area (TPSA) is 58.2 Å². The van der Waals surface area contributed by atoms with Gasteiger partial charge >= 0.3 is 6.03 Å². The summed E-state index contributed by atoms with van der Waals surface area (Å²) in [5.74, 6) is -0.146. The van der Waals surface area contributed by atoms with Gasteiger partial charge in [-0.2, -0.15) is 0 Å². The predicted octanol–water partition coefficient (Wildman–Crippen LogP) is 3.34. The summed E-state index contributed by atoms with van der Waals surface area (Å²) < 4.78 is 0. The maximum absolute atomic E-state index is 11.8. The molecule has 0 radical (unpaired) electrons. The van der Waals surface area contributed by atoms with Gasteiger partial charge in [0.25, 0.3) is 0 Å². The van der Waals surface area contributed by atoms with Crippen molar-refractivity contribution in [2.75, 3.05) is 11.9 Å². The van der Waals surface area contributed by atoms with Crippen molar-refractivity contribution in [1.82, 2.24) is 5.32 Å². The first-order chi connectivity index (χ1) is 9.65. The van der Waals surface area contributed by atoms with Gasteiger partial charge in [0, 0.05) is 16.3 Å². The molecule has 0 unspecified atom stereocenters. The molecule has 0 heterocycles. The number of urea groups is 1. The van der Waals surface area contributed by atoms with E-state index >= 15 is 0 Å². The number of nitrogens with one attached hydrogen (secondary N) is 2. The van der Waals surface area contributed by atoms with Gasteiger partial charge in [-0.15, -0.1) is 0 Å². The van der Waals surface area contributed by atoms with Crippen LogP contribution in [-0.4, -0.2) is 18.4 Å². The Balaban J connectivity index is 1.85. The SMILES string of the molecule is O=C(NCC(=O)c1ccccc1)Nc1cccc(Cl)c1. The van der Waals surface area contributed by atoms with Crippen molar-refractivity contribution >= 4 is 29.1 Å². The monoisotopic (exact) mass is 288 g/mol. The average molecular weight is 289 g/mol. The first kappa shape index (κ1) is 14.1. The molecule has 0 saturated heterocycles. The van der Waals surface area contributed by atoms with Gasteiger partial charge in [0.15, 0.2) is 5.78 Å². The number of benzene rings is 2. The van der Waals surface area contributed by atoms with Crippen LogP contribution in [0.15, 0.2) is 54.6 Å². The molecule has 2 aromatic carbocycles. The van der Waals surface area contributed by atoms with E-state index in [2.05, 4.69) is 10.6 Å². The number of hydrogen-bond donors (Lipinski definition) is 2. The summed E-state index contributed by atoms with van der Waals surface area (Å²) in [5, 5.41) is 5.64. The molecule has 0 bridgehead atoms. The lowest BCUT2D eigenvalue weighted by Crippen LogP contribution is -2.33. The van der Waals surface area contributed by atoms with Gasteiger partial charge in [0.2, 0.25) is 0 Å². The second-order valence-corrected chi connectivity index (χ2v) is 4.54. The minimum atomic E-state index is -0.448. The molecule has 2 N–H and O–H groups in total. The van der Waals surface area contributed by atoms with Gasteiger partial charge < -0.3 is 10.6 Å². The van der Waals surface area contributed by atoms with Crippen molar-refractivity contribution in [3.05, 3.63) is 65.2 Å². The number of carbonyl (C=O) groups excluding carboxylic acids is 2. The lowest BCUT2D eigenvalue weighted by Gasteiger charge is -2.07. The van der Waals surface area contributed by atoms with Crippen LogP contribution >= 0.6 is 11.6 Å². The molecule has 20 heavy (non-hydrogen) atoms. The molecule has 4 nitrogen and oxygen atoms in total. The predicted molar refractivity (Wildman–Crippen MR) is 79.2 cm³/mol. The smallest absolute Gasteiger partial charge is 0.319 e. The lowest BCUT2D eigenvalue weighted by molar-refractivity contribution is 0.0993. The zero-order valence-electron chi connectivity index (χ0n) is 10.6. The number of rotatable bonds is 4. The fourth-order valence-corrected chi connectivity index (χ4v) is 1.82. The lowest BCUT2D eigenvalue weighted by atomic mass is 10.1. The summed E-state index contributed by atoms with van der Waals surface area (Å²) in [6.45, 7) is -0.0591. The Morgan fingerprint density at radius 3 is 2.45 bits per heavy atom. The Kier molecular flexibility index (Phi) is 4.74. The highest BCUT2D eigenvalue weighted by Crippen LogP contribution is 2.14. The van der Waals surface area contributed by atoms with E-state index in [1.54, 1.807) is 48.5 Å². The minimum Gasteiger partial charge on any atom is -0.330 e. The summed E-state index contributed by atoms with van der Waals surface area (Å²) in [7, 11) is 0. The standard InChI is InChI=1S/C15H13ClN2O2/c16-12-7-4-8-13(9-12)18-15(20)17-10-14(19)11-5-2-1-3-6-11/h1-9H,10H2,(H2,17,18,20). The van der Waals surface area contributed by atoms with Gasteiger partial charge in [-0.25, -0.2) is 4.79 Å². The quantitative estimate of drug-likeness (QED) is 0.848. The average Bonchev–Trinajstić information content (AvgIpc) is 2.46. The molecule has 0 aliphatic rings. The van der Waals surface area contributed by atoms with Crippen LogP contribution in [0.4, 0.5) is 10.5 Å². The number of halogens is 1. The van der Waals surface area contributed by atoms with Gasteiger partial charge in [-0.3, -0.25) is 4.79 Å². The van der Waals surface area contributed by atoms with Gasteiger partial charge in [0.05, 0.1) is 6.54 Å². The third-order valence-electron chi connectivity index (χ3n) is 2.59. The summed E-state index contributed by atoms with van der Waals surface area (Å²) in [5.41, 5.74) is 1.14. The van der Waals surface area contributed by atoms with Crippen molar-refractivity contribution in [2.24, 2.45) is 0 Å². The summed E-state index contributed by atoms with van der Waals surface area (Å²) in [4.78, 5) is 23.4. The largest absolute Gasteiger partial charge is 0.330 e. The minimum absolute atomic E-state index is 0.0591. The molecular weight excluding hydrogens is 276 g/mol. The first-order valence-corrected chi connectivity index (χ1v) is 6.41. The molecule has 0 atom stereocenters. The first-order valence-electron chi connectivity index (χ1n) is 6.04. The fraction of sp³-hybridized carbons (Fsp3) is 0.0667. The fourth-order valence-electron chi connectivity index (χ4n) is 1.63. The van der Waals surface area contributed by atoms with E-state index in [9.17, 15) is 9.59 Å². The molecule has 0 aliphatic carbocycles. The summed E-state index contributed by atoms with van der Waals surface area (Å²) >= 11 is 5.81. The second kappa shape index (κ2) is 6.73. The number of Topliss-reactive ketones (excluding diaryl/α,β-unsaturated/α-hetero) is 1. The highest BCUT2D eigenvalue weighted by Gasteiger charge is 2.07. The van der Waals surface area contributed by atoms with Crippen LogP contribution in [0.2, 0.25) is 5.02 Å². The summed E-state index contributed by atoms with van der Waals surface area (Å²) in [6, 6.07) is 15.1. The number of ketones is 1. The van der Waals surface area contributed by atoms with Gasteiger partial charge in [-0.05, 0) is 18.2 Å². The van der Waals surface area contributed by atoms with Gasteiger partial charge in [0.1, 0.15) is 0 Å². The third-order valence-corrected chi connectivity index (χ3v) is 2.82. The van der Waals surface area contributed by atoms with Crippen LogP contribution in [0.5, 0.6) is 0 Å². The molecule has 0 saturated carbocycles. The molecule has 2 aromatic rings. The van der Waals surface area contributed by atoms with E-state index in [-0.39, 0.29) is 12.3 Å². The Morgan fingerprint density at radius 1 is 1.00 bits per heavy atom. The van der Waals surface area contributed by atoms with Crippen LogP contribution in [0.3, 0.4) is 0 Å². The van der Waals surface area contributed by atoms with Crippen molar-refractivity contribution in [1.29, 1.82) is 0 Å². The van der Waals surface area contributed by atoms with Crippen molar-refractivity contribution < 1.29 is 9.59 Å². The van der Waals surface area contributed by atoms with E-state index in [1.165, 1.54) is 0 Å². The van der Waals surface area contributed by atoms with Crippen LogP contribution in [-0.2, 0) is 0 Å². The van der Waals surface area contributed by atoms with E-state index in [0.717, 1.165) is 0 Å². The molecule has 5 heteroatoms. The molecule has 2 amide bonds. The summed E-state index contributed by atoms with van der Waals surface area (Å²) in [6.07, 6.45) is 0. The maximum Gasteiger partial charge on any atom is 0.319 e. The molecule has 2 rings (SSSR count). The number of carbonyl (C=O) groups is 2. The Labute approximate surface area is 121 Å². The number of amides is 2. The highest BCUT2D eigenvalue weighted by molar-refractivity contribution is 6.30. The van der Waals surface area contributed by atoms with Crippen LogP contribution in [0.1, 0.15) is 10.4 Å². The Hall–Kier alpha value is -2.33. The van der Waals surface area contributed by atoms with E-state index in [0.29, 0.717) is 16.3 Å². The molecule has 0 aromatic heterocycles. The number of hydrogen-bond acceptors (Lipinski definition) is 2. The van der Waals surface area contributed by atoms with Crippen LogP contribution in [0.25, 0.3) is 0 Å². The molecule has 0 fully saturated rings. The van der Waals surface area contributed by atoms with Crippen molar-refractivity contribution in [3.63, 3.8) is 0 Å². The van der Waals surface area contributed by atoms with Crippen LogP contribution in [0, 0.1) is 0 Å². The van der Waals surface area contributed by atoms with E-state index in [4.69, 9.17) is 11.6 Å². The molecule has 0 spiro atoms. The van der Waals surface area contributed by atoms with Gasteiger partial charge in [-0.1, -0.05) is 48.0 Å². The van der Waals surface area contributed by atoms with Crippen molar-refractivity contribution in [3.8, 4) is 0 Å². The Bertz CT molecular complexity index is 614. The number of anilines is 1. The zero-order valence-corrected chi connectivity index (χ0v) is 11.4. The van der Waals surface area contributed by atoms with Crippen LogP contribution < -0.4 is 10.6 Å². The normalized spacial score (nSPS) is 9.85. The Morgan fingerprint density at radius 2 is 1.75 bits per heavy atom. The maximum atomic E-state index is 11.8. The van der Waals surface area contributed by atoms with E-state index in [1.807, 2.05) is 6.07 Å². The molecule has 0 aliphatic heterocycles. The third kappa shape index (κ3) is 4.10.